The highest BCUT2D eigenvalue weighted by atomic mass is 16.5. The van der Waals surface area contributed by atoms with Gasteiger partial charge in [-0.2, -0.15) is 5.21 Å². The van der Waals surface area contributed by atoms with Gasteiger partial charge in [0.05, 0.1) is 18.8 Å². The molecule has 1 amide bonds. The van der Waals surface area contributed by atoms with E-state index in [1.807, 2.05) is 38.1 Å². The molecule has 0 fully saturated rings. The van der Waals surface area contributed by atoms with Gasteiger partial charge in [-0.1, -0.05) is 24.3 Å². The second-order valence-electron chi connectivity index (χ2n) is 6.14. The number of methoxy groups -OCH3 is 1. The van der Waals surface area contributed by atoms with Crippen molar-refractivity contribution in [1.29, 1.82) is 0 Å². The van der Waals surface area contributed by atoms with Crippen molar-refractivity contribution >= 4 is 5.91 Å². The van der Waals surface area contributed by atoms with E-state index >= 15 is 0 Å². The molecule has 0 saturated heterocycles. The smallest absolute Gasteiger partial charge is 0.255 e. The van der Waals surface area contributed by atoms with Gasteiger partial charge < -0.3 is 14.8 Å². The summed E-state index contributed by atoms with van der Waals surface area (Å²) in [5.74, 6) is 1.45. The van der Waals surface area contributed by atoms with Gasteiger partial charge in [-0.3, -0.25) is 4.79 Å². The lowest BCUT2D eigenvalue weighted by Gasteiger charge is -2.15. The summed E-state index contributed by atoms with van der Waals surface area (Å²) in [5, 5.41) is 16.7. The van der Waals surface area contributed by atoms with Crippen LogP contribution in [0.15, 0.2) is 42.5 Å². The van der Waals surface area contributed by atoms with E-state index in [1.165, 1.54) is 0 Å². The summed E-state index contributed by atoms with van der Waals surface area (Å²) in [5.41, 5.74) is 2.27. The fraction of sp³-hybridized carbons (Fsp3) is 0.263. The molecule has 0 saturated carbocycles. The summed E-state index contributed by atoms with van der Waals surface area (Å²) in [6, 6.07) is 12.7. The molecule has 2 N–H and O–H groups in total. The molecular weight excluding hydrogens is 346 g/mol. The highest BCUT2D eigenvalue weighted by molar-refractivity contribution is 5.97. The van der Waals surface area contributed by atoms with E-state index in [0.29, 0.717) is 29.4 Å². The Labute approximate surface area is 156 Å². The van der Waals surface area contributed by atoms with Gasteiger partial charge in [0.2, 0.25) is 5.82 Å². The van der Waals surface area contributed by atoms with Crippen molar-refractivity contribution in [2.45, 2.75) is 26.5 Å². The van der Waals surface area contributed by atoms with Crippen molar-refractivity contribution < 1.29 is 14.3 Å². The third-order valence-electron chi connectivity index (χ3n) is 3.81. The fourth-order valence-corrected chi connectivity index (χ4v) is 2.50. The van der Waals surface area contributed by atoms with Crippen LogP contribution in [0.3, 0.4) is 0 Å². The molecule has 27 heavy (non-hydrogen) atoms. The van der Waals surface area contributed by atoms with E-state index < -0.39 is 0 Å². The largest absolute Gasteiger partial charge is 0.497 e. The molecule has 140 valence electrons. The average molecular weight is 367 g/mol. The van der Waals surface area contributed by atoms with Crippen molar-refractivity contribution in [3.8, 4) is 22.9 Å². The van der Waals surface area contributed by atoms with E-state index in [0.717, 1.165) is 11.1 Å². The molecule has 1 heterocycles. The number of nitrogens with one attached hydrogen (secondary N) is 2. The number of hydrogen-bond acceptors (Lipinski definition) is 6. The van der Waals surface area contributed by atoms with Gasteiger partial charge in [-0.25, -0.2) is 0 Å². The van der Waals surface area contributed by atoms with Crippen LogP contribution in [-0.2, 0) is 6.54 Å². The van der Waals surface area contributed by atoms with Crippen LogP contribution in [0.1, 0.15) is 29.8 Å². The summed E-state index contributed by atoms with van der Waals surface area (Å²) in [4.78, 5) is 12.6. The Morgan fingerprint density at radius 1 is 1.19 bits per heavy atom. The third-order valence-corrected chi connectivity index (χ3v) is 3.81. The molecule has 8 nitrogen and oxygen atoms in total. The fourth-order valence-electron chi connectivity index (χ4n) is 2.50. The first-order valence-electron chi connectivity index (χ1n) is 8.52. The first-order valence-corrected chi connectivity index (χ1v) is 8.52. The number of hydrogen-bond donors (Lipinski definition) is 2. The number of aromatic amines is 1. The van der Waals surface area contributed by atoms with E-state index in [1.54, 1.807) is 25.3 Å². The highest BCUT2D eigenvalue weighted by Gasteiger charge is 2.15. The molecule has 2 aromatic carbocycles. The zero-order chi connectivity index (χ0) is 19.2. The van der Waals surface area contributed by atoms with Gasteiger partial charge in [0.25, 0.3) is 5.91 Å². The number of ether oxygens (including phenoxy) is 2. The number of carbonyl (C=O) groups excluding carboxylic acids is 1. The van der Waals surface area contributed by atoms with Crippen molar-refractivity contribution in [2.24, 2.45) is 0 Å². The molecule has 0 radical (unpaired) electrons. The van der Waals surface area contributed by atoms with E-state index in [9.17, 15) is 4.79 Å². The quantitative estimate of drug-likeness (QED) is 0.665. The number of nitrogens with zero attached hydrogens (tertiary/aromatic N) is 3. The summed E-state index contributed by atoms with van der Waals surface area (Å²) in [7, 11) is 1.58. The van der Waals surface area contributed by atoms with Crippen molar-refractivity contribution in [1.82, 2.24) is 25.9 Å². The number of tetrazole rings is 1. The highest BCUT2D eigenvalue weighted by Crippen LogP contribution is 2.26. The summed E-state index contributed by atoms with van der Waals surface area (Å²) in [6.07, 6.45) is -0.0543. The molecule has 3 aromatic rings. The first-order chi connectivity index (χ1) is 13.1. The number of amides is 1. The third kappa shape index (κ3) is 4.60. The zero-order valence-corrected chi connectivity index (χ0v) is 15.4. The summed E-state index contributed by atoms with van der Waals surface area (Å²) < 4.78 is 11.0. The van der Waals surface area contributed by atoms with Gasteiger partial charge >= 0.3 is 0 Å². The molecule has 0 unspecified atom stereocenters. The molecule has 3 rings (SSSR count). The van der Waals surface area contributed by atoms with Crippen molar-refractivity contribution in [2.75, 3.05) is 7.11 Å². The maximum Gasteiger partial charge on any atom is 0.255 e. The van der Waals surface area contributed by atoms with Crippen LogP contribution in [0.4, 0.5) is 0 Å². The zero-order valence-electron chi connectivity index (χ0n) is 15.4. The lowest BCUT2D eigenvalue weighted by molar-refractivity contribution is 0.0945. The minimum atomic E-state index is -0.212. The molecule has 0 atom stereocenters. The van der Waals surface area contributed by atoms with E-state index in [4.69, 9.17) is 9.47 Å². The molecule has 0 aliphatic heterocycles. The number of H-pyrrole nitrogens is 1. The second kappa shape index (κ2) is 8.31. The molecule has 0 aliphatic rings. The lowest BCUT2D eigenvalue weighted by Crippen LogP contribution is -2.24. The van der Waals surface area contributed by atoms with Gasteiger partial charge in [0.1, 0.15) is 11.5 Å². The monoisotopic (exact) mass is 367 g/mol. The Kier molecular flexibility index (Phi) is 5.65. The lowest BCUT2D eigenvalue weighted by atomic mass is 10.1. The van der Waals surface area contributed by atoms with Crippen LogP contribution in [0, 0.1) is 0 Å². The number of benzene rings is 2. The maximum absolute atomic E-state index is 12.6. The molecule has 0 aliphatic carbocycles. The number of rotatable bonds is 7. The van der Waals surface area contributed by atoms with Gasteiger partial charge in [0, 0.05) is 18.2 Å². The SMILES string of the molecule is COc1ccc(C(=O)NCc2ccc(-c3nn[nH]n3)cc2)c(OC(C)C)c1. The molecule has 0 spiro atoms. The summed E-state index contributed by atoms with van der Waals surface area (Å²) in [6.45, 7) is 4.21. The van der Waals surface area contributed by atoms with Gasteiger partial charge in [-0.05, 0) is 36.8 Å². The first kappa shape index (κ1) is 18.4. The predicted octanol–water partition coefficient (Wildman–Crippen LogP) is 2.59. The number of carbonyl (C=O) groups is 1. The minimum absolute atomic E-state index is 0.0543. The van der Waals surface area contributed by atoms with E-state index in [2.05, 4.69) is 25.9 Å². The van der Waals surface area contributed by atoms with Crippen LogP contribution in [-0.4, -0.2) is 39.7 Å². The van der Waals surface area contributed by atoms with Crippen molar-refractivity contribution in [3.63, 3.8) is 0 Å². The minimum Gasteiger partial charge on any atom is -0.497 e. The Morgan fingerprint density at radius 3 is 2.59 bits per heavy atom. The maximum atomic E-state index is 12.6. The van der Waals surface area contributed by atoms with Crippen LogP contribution in [0.2, 0.25) is 0 Å². The van der Waals surface area contributed by atoms with Crippen LogP contribution < -0.4 is 14.8 Å². The van der Waals surface area contributed by atoms with E-state index in [-0.39, 0.29) is 12.0 Å². The molecular formula is C19H21N5O3. The van der Waals surface area contributed by atoms with Gasteiger partial charge in [-0.15, -0.1) is 10.2 Å². The van der Waals surface area contributed by atoms with Crippen LogP contribution >= 0.6 is 0 Å². The van der Waals surface area contributed by atoms with Crippen molar-refractivity contribution in [3.05, 3.63) is 53.6 Å². The normalized spacial score (nSPS) is 10.7. The Bertz CT molecular complexity index is 892. The van der Waals surface area contributed by atoms with Crippen LogP contribution in [0.25, 0.3) is 11.4 Å². The molecule has 0 bridgehead atoms. The average Bonchev–Trinajstić information content (AvgIpc) is 3.20. The number of aromatic nitrogens is 4. The van der Waals surface area contributed by atoms with Gasteiger partial charge in [0.15, 0.2) is 0 Å². The predicted molar refractivity (Wildman–Crippen MR) is 99.5 cm³/mol. The standard InChI is InChI=1S/C19H21N5O3/c1-12(2)27-17-10-15(26-3)8-9-16(17)19(25)20-11-13-4-6-14(7-5-13)18-21-23-24-22-18/h4-10,12H,11H2,1-3H3,(H,20,25)(H,21,22,23,24). The topological polar surface area (TPSA) is 102 Å². The molecule has 1 aromatic heterocycles. The molecule has 8 heteroatoms. The second-order valence-corrected chi connectivity index (χ2v) is 6.14. The Morgan fingerprint density at radius 2 is 1.96 bits per heavy atom. The van der Waals surface area contributed by atoms with Crippen LogP contribution in [0.5, 0.6) is 11.5 Å². The summed E-state index contributed by atoms with van der Waals surface area (Å²) >= 11 is 0. The Balaban J connectivity index is 1.68. The Hall–Kier alpha value is -3.42.